The number of carbonyl (C=O) groups excluding carboxylic acids is 1. The number of hydrogen-bond donors (Lipinski definition) is 1. The number of ether oxygens (including phenoxy) is 2. The van der Waals surface area contributed by atoms with E-state index in [0.717, 1.165) is 4.90 Å². The standard InChI is InChI=1S/C30H38FN3O4/c1-16-13-17(2)32-27(35)21(16)14-34-15-30(11-12-30)23-22(28(34)36)18(3)25-26(24(23)31)38-29(4,37-25)19-7-9-20(10-8-19)33(5)6/h13,19-20H,7-12,14-15H2,1-6H3,(H,32,35)/t19?,20?,29-/m0/s1/i5D3,15D2. The molecule has 0 saturated heterocycles. The molecule has 7 nitrogen and oxygen atoms in total. The minimum Gasteiger partial charge on any atom is -0.448 e. The number of amides is 1. The Morgan fingerprint density at radius 1 is 1.18 bits per heavy atom. The maximum absolute atomic E-state index is 16.6. The second kappa shape index (κ2) is 8.57. The molecule has 1 spiro atoms. The van der Waals surface area contributed by atoms with Crippen molar-refractivity contribution in [2.45, 2.75) is 90.0 Å². The minimum atomic E-state index is -2.25. The molecule has 2 aliphatic heterocycles. The van der Waals surface area contributed by atoms with E-state index in [2.05, 4.69) is 4.98 Å². The third-order valence-corrected chi connectivity index (χ3v) is 9.03. The van der Waals surface area contributed by atoms with E-state index in [0.29, 0.717) is 55.3 Å². The topological polar surface area (TPSA) is 74.9 Å². The van der Waals surface area contributed by atoms with Gasteiger partial charge >= 0.3 is 0 Å². The molecule has 204 valence electrons. The molecule has 2 saturated carbocycles. The van der Waals surface area contributed by atoms with Crippen LogP contribution in [-0.2, 0) is 12.0 Å². The second-order valence-corrected chi connectivity index (χ2v) is 11.7. The molecular formula is C30H38FN3O4. The Morgan fingerprint density at radius 3 is 2.50 bits per heavy atom. The summed E-state index contributed by atoms with van der Waals surface area (Å²) >= 11 is 0. The van der Waals surface area contributed by atoms with Crippen LogP contribution >= 0.6 is 0 Å². The van der Waals surface area contributed by atoms with Gasteiger partial charge in [0.2, 0.25) is 5.75 Å². The van der Waals surface area contributed by atoms with Crippen molar-refractivity contribution in [3.63, 3.8) is 0 Å². The van der Waals surface area contributed by atoms with Crippen molar-refractivity contribution in [1.82, 2.24) is 14.8 Å². The van der Waals surface area contributed by atoms with E-state index in [9.17, 15) is 9.59 Å². The number of hydrogen-bond acceptors (Lipinski definition) is 5. The van der Waals surface area contributed by atoms with Gasteiger partial charge in [0.1, 0.15) is 0 Å². The molecule has 8 heteroatoms. The average molecular weight is 529 g/mol. The Kier molecular flexibility index (Phi) is 4.53. The quantitative estimate of drug-likeness (QED) is 0.621. The van der Waals surface area contributed by atoms with Crippen LogP contribution in [0.2, 0.25) is 0 Å². The van der Waals surface area contributed by atoms with Gasteiger partial charge in [-0.2, -0.15) is 0 Å². The summed E-state index contributed by atoms with van der Waals surface area (Å²) in [6.07, 6.45) is 3.14. The van der Waals surface area contributed by atoms with Crippen LogP contribution in [0, 0.1) is 32.5 Å². The molecule has 6 rings (SSSR count). The molecule has 38 heavy (non-hydrogen) atoms. The molecule has 4 aliphatic rings. The van der Waals surface area contributed by atoms with Gasteiger partial charge < -0.3 is 24.3 Å². The fourth-order valence-corrected chi connectivity index (χ4v) is 6.64. The zero-order chi connectivity index (χ0) is 31.4. The molecule has 2 fully saturated rings. The number of nitrogens with one attached hydrogen (secondary N) is 1. The first-order valence-corrected chi connectivity index (χ1v) is 13.4. The molecule has 0 unspecified atom stereocenters. The Balaban J connectivity index is 1.35. The van der Waals surface area contributed by atoms with Crippen LogP contribution in [0.15, 0.2) is 10.9 Å². The van der Waals surface area contributed by atoms with Crippen LogP contribution in [0.3, 0.4) is 0 Å². The number of rotatable bonds is 4. The molecule has 1 N–H and O–H groups in total. The van der Waals surface area contributed by atoms with Crippen molar-refractivity contribution >= 4 is 5.91 Å². The highest BCUT2D eigenvalue weighted by Crippen LogP contribution is 2.59. The van der Waals surface area contributed by atoms with Crippen molar-refractivity contribution in [1.29, 1.82) is 0 Å². The van der Waals surface area contributed by atoms with E-state index in [1.807, 2.05) is 0 Å². The van der Waals surface area contributed by atoms with E-state index < -0.39 is 36.4 Å². The van der Waals surface area contributed by atoms with Gasteiger partial charge in [-0.25, -0.2) is 4.39 Å². The smallest absolute Gasteiger partial charge is 0.255 e. The molecule has 1 atom stereocenters. The molecular weight excluding hydrogens is 485 g/mol. The van der Waals surface area contributed by atoms with Gasteiger partial charge in [0.05, 0.1) is 14.8 Å². The summed E-state index contributed by atoms with van der Waals surface area (Å²) in [5.41, 5.74) is 0.415. The largest absolute Gasteiger partial charge is 0.448 e. The number of carbonyl (C=O) groups is 1. The summed E-state index contributed by atoms with van der Waals surface area (Å²) in [5.74, 6) is -2.81. The third kappa shape index (κ3) is 3.78. The Bertz CT molecular complexity index is 1580. The molecule has 1 aromatic carbocycles. The van der Waals surface area contributed by atoms with Crippen molar-refractivity contribution in [2.75, 3.05) is 20.5 Å². The van der Waals surface area contributed by atoms with Gasteiger partial charge in [-0.05, 0) is 84.9 Å². The van der Waals surface area contributed by atoms with Crippen molar-refractivity contribution in [2.24, 2.45) is 5.92 Å². The highest BCUT2D eigenvalue weighted by Gasteiger charge is 2.57. The summed E-state index contributed by atoms with van der Waals surface area (Å²) < 4.78 is 70.6. The van der Waals surface area contributed by atoms with Gasteiger partial charge in [0.15, 0.2) is 11.6 Å². The summed E-state index contributed by atoms with van der Waals surface area (Å²) in [5, 5.41) is 0. The number of H-pyrrole nitrogens is 1. The third-order valence-electron chi connectivity index (χ3n) is 9.03. The van der Waals surface area contributed by atoms with Gasteiger partial charge in [-0.1, -0.05) is 0 Å². The maximum atomic E-state index is 16.6. The van der Waals surface area contributed by atoms with E-state index in [1.165, 1.54) is 4.90 Å². The lowest BCUT2D eigenvalue weighted by atomic mass is 9.81. The monoisotopic (exact) mass is 528 g/mol. The maximum Gasteiger partial charge on any atom is 0.255 e. The van der Waals surface area contributed by atoms with Gasteiger partial charge in [-0.3, -0.25) is 9.59 Å². The summed E-state index contributed by atoms with van der Waals surface area (Å²) in [6.45, 7) is 2.23. The number of aryl methyl sites for hydroxylation is 2. The van der Waals surface area contributed by atoms with Crippen LogP contribution in [0.4, 0.5) is 4.39 Å². The predicted molar refractivity (Wildman–Crippen MR) is 142 cm³/mol. The van der Waals surface area contributed by atoms with Gasteiger partial charge in [0, 0.05) is 57.3 Å². The van der Waals surface area contributed by atoms with Crippen LogP contribution in [0.25, 0.3) is 0 Å². The molecule has 1 aromatic heterocycles. The lowest BCUT2D eigenvalue weighted by Gasteiger charge is -2.39. The Hall–Kier alpha value is -2.87. The number of aromatic amines is 1. The van der Waals surface area contributed by atoms with E-state index in [1.54, 1.807) is 40.8 Å². The fraction of sp³-hybridized carbons (Fsp3) is 0.600. The SMILES string of the molecule is [2H]C([2H])([2H])N(C)C1CCC([C@@]2(C)Oc3c(C)c4c(c(F)c3O2)C2(CC2)C([2H])([2H])N(Cc2c(C)cc(C)[nH]c2=O)C4=O)CC1. The zero-order valence-corrected chi connectivity index (χ0v) is 22.6. The molecule has 0 radical (unpaired) electrons. The van der Waals surface area contributed by atoms with Crippen molar-refractivity contribution in [3.8, 4) is 11.5 Å². The highest BCUT2D eigenvalue weighted by atomic mass is 19.1. The summed E-state index contributed by atoms with van der Waals surface area (Å²) in [4.78, 5) is 32.2. The van der Waals surface area contributed by atoms with Crippen LogP contribution in [-0.4, -0.2) is 53.0 Å². The van der Waals surface area contributed by atoms with Crippen LogP contribution in [0.5, 0.6) is 11.5 Å². The molecule has 2 aliphatic carbocycles. The first-order valence-electron chi connectivity index (χ1n) is 15.9. The van der Waals surface area contributed by atoms with E-state index >= 15 is 4.39 Å². The van der Waals surface area contributed by atoms with E-state index in [-0.39, 0.29) is 52.3 Å². The summed E-state index contributed by atoms with van der Waals surface area (Å²) in [7, 11) is 1.60. The average Bonchev–Trinajstić information content (AvgIpc) is 3.64. The lowest BCUT2D eigenvalue weighted by molar-refractivity contribution is -0.124. The number of nitrogens with zero attached hydrogens (tertiary/aromatic N) is 2. The molecule has 1 amide bonds. The fourth-order valence-electron chi connectivity index (χ4n) is 6.64. The first-order chi connectivity index (χ1) is 19.9. The molecule has 2 aromatic rings. The molecule has 3 heterocycles. The number of pyridine rings is 1. The number of benzene rings is 1. The highest BCUT2D eigenvalue weighted by molar-refractivity contribution is 6.00. The Morgan fingerprint density at radius 2 is 1.87 bits per heavy atom. The van der Waals surface area contributed by atoms with Crippen LogP contribution < -0.4 is 15.0 Å². The number of halogens is 1. The van der Waals surface area contributed by atoms with Gasteiger partial charge in [-0.15, -0.1) is 0 Å². The Labute approximate surface area is 230 Å². The van der Waals surface area contributed by atoms with Crippen molar-refractivity contribution < 1.29 is 25.5 Å². The first kappa shape index (κ1) is 20.1. The number of aromatic nitrogens is 1. The van der Waals surface area contributed by atoms with E-state index in [4.69, 9.17) is 16.3 Å². The summed E-state index contributed by atoms with van der Waals surface area (Å²) in [6, 6.07) is 1.66. The minimum absolute atomic E-state index is 0.0281. The normalized spacial score (nSPS) is 30.9. The number of fused-ring (bicyclic) bond motifs is 3. The van der Waals surface area contributed by atoms with Crippen LogP contribution in [0.1, 0.15) is 90.6 Å². The van der Waals surface area contributed by atoms with Gasteiger partial charge in [0.25, 0.3) is 17.3 Å². The second-order valence-electron chi connectivity index (χ2n) is 11.7. The van der Waals surface area contributed by atoms with Crippen molar-refractivity contribution in [3.05, 3.63) is 55.7 Å². The molecule has 0 bridgehead atoms. The lowest BCUT2D eigenvalue weighted by Crippen LogP contribution is -2.46. The predicted octanol–water partition coefficient (Wildman–Crippen LogP) is 4.73. The zero-order valence-electron chi connectivity index (χ0n) is 27.6.